The molecular weight excluding hydrogens is 392 g/mol. The molecule has 0 bridgehead atoms. The fourth-order valence-electron chi connectivity index (χ4n) is 9.81. The normalized spacial score (nSPS) is 49.8. The third-order valence-corrected chi connectivity index (χ3v) is 11.7. The minimum atomic E-state index is -0.792. The van der Waals surface area contributed by atoms with Crippen LogP contribution in [0.25, 0.3) is 0 Å². The summed E-state index contributed by atoms with van der Waals surface area (Å²) in [6.07, 6.45) is 11.0. The van der Waals surface area contributed by atoms with Crippen LogP contribution < -0.4 is 0 Å². The Labute approximate surface area is 199 Å². The summed E-state index contributed by atoms with van der Waals surface area (Å²) in [5, 5.41) is 11.6. The lowest BCUT2D eigenvalue weighted by molar-refractivity contribution is -0.206. The Hall–Kier alpha value is -0.630. The van der Waals surface area contributed by atoms with Crippen LogP contribution in [-0.2, 0) is 4.79 Å². The molecular formula is C30H50O2. The van der Waals surface area contributed by atoms with E-state index in [1.54, 1.807) is 0 Å². The Morgan fingerprint density at radius 1 is 1.09 bits per heavy atom. The van der Waals surface area contributed by atoms with Crippen LogP contribution in [0.15, 0.2) is 11.6 Å². The first-order chi connectivity index (χ1) is 15.1. The van der Waals surface area contributed by atoms with Crippen molar-refractivity contribution in [3.63, 3.8) is 0 Å². The number of Topliss-reactive ketones (excluding diaryl/α,β-unsaturated/α-hetero) is 1. The first-order valence-electron chi connectivity index (χ1n) is 14.0. The molecule has 2 nitrogen and oxygen atoms in total. The average molecular weight is 445 g/mol. The van der Waals surface area contributed by atoms with E-state index in [1.807, 2.05) is 6.92 Å². The number of hydrogen-bond acceptors (Lipinski definition) is 2. The van der Waals surface area contributed by atoms with E-state index in [2.05, 4.69) is 54.5 Å². The van der Waals surface area contributed by atoms with Crippen LogP contribution in [-0.4, -0.2) is 16.5 Å². The van der Waals surface area contributed by atoms with Crippen molar-refractivity contribution in [1.82, 2.24) is 0 Å². The highest BCUT2D eigenvalue weighted by molar-refractivity contribution is 5.84. The van der Waals surface area contributed by atoms with Gasteiger partial charge in [-0.3, -0.25) is 4.79 Å². The van der Waals surface area contributed by atoms with Crippen LogP contribution in [0.3, 0.4) is 0 Å². The summed E-state index contributed by atoms with van der Waals surface area (Å²) in [6.45, 7) is 18.3. The molecule has 0 aromatic carbocycles. The molecule has 0 heterocycles. The molecule has 1 N–H and O–H groups in total. The molecule has 4 rings (SSSR count). The van der Waals surface area contributed by atoms with E-state index in [0.717, 1.165) is 38.5 Å². The molecule has 4 fully saturated rings. The van der Waals surface area contributed by atoms with Crippen molar-refractivity contribution in [1.29, 1.82) is 0 Å². The smallest absolute Gasteiger partial charge is 0.137 e. The monoisotopic (exact) mass is 444 g/mol. The summed E-state index contributed by atoms with van der Waals surface area (Å²) in [6, 6.07) is 0. The number of aliphatic hydroxyl groups is 1. The summed E-state index contributed by atoms with van der Waals surface area (Å²) in [5.41, 5.74) is 0.755. The van der Waals surface area contributed by atoms with Gasteiger partial charge < -0.3 is 5.11 Å². The Bertz CT molecular complexity index is 823. The molecule has 0 radical (unpaired) electrons. The van der Waals surface area contributed by atoms with Crippen LogP contribution in [0, 0.1) is 45.3 Å². The summed E-state index contributed by atoms with van der Waals surface area (Å²) < 4.78 is 8.74. The third kappa shape index (κ3) is 3.40. The number of allylic oxidation sites excluding steroid dienone is 2. The molecule has 0 aliphatic heterocycles. The third-order valence-electron chi connectivity index (χ3n) is 11.7. The Kier molecular flexibility index (Phi) is 5.56. The molecule has 4 aliphatic rings. The second kappa shape index (κ2) is 7.69. The second-order valence-corrected chi connectivity index (χ2v) is 14.0. The number of carbonyl (C=O) groups is 1. The fourth-order valence-corrected chi connectivity index (χ4v) is 9.81. The predicted octanol–water partition coefficient (Wildman–Crippen LogP) is 7.74. The molecule has 182 valence electrons. The highest BCUT2D eigenvalue weighted by Crippen LogP contribution is 2.75. The Morgan fingerprint density at radius 2 is 1.75 bits per heavy atom. The van der Waals surface area contributed by atoms with Gasteiger partial charge in [0.05, 0.1) is 5.60 Å². The highest BCUT2D eigenvalue weighted by Gasteiger charge is 2.70. The molecule has 4 unspecified atom stereocenters. The maximum absolute atomic E-state index is 14.0. The maximum atomic E-state index is 14.0. The second-order valence-electron chi connectivity index (χ2n) is 14.0. The number of ketones is 1. The number of hydrogen-bond donors (Lipinski definition) is 1. The first kappa shape index (κ1) is 23.1. The highest BCUT2D eigenvalue weighted by atomic mass is 16.3. The fraction of sp³-hybridized carbons (Fsp3) is 0.900. The van der Waals surface area contributed by atoms with Crippen molar-refractivity contribution in [3.05, 3.63) is 11.6 Å². The molecule has 4 saturated carbocycles. The van der Waals surface area contributed by atoms with Gasteiger partial charge in [-0.05, 0) is 112 Å². The summed E-state index contributed by atoms with van der Waals surface area (Å²) in [7, 11) is 0. The van der Waals surface area contributed by atoms with E-state index in [9.17, 15) is 9.90 Å². The van der Waals surface area contributed by atoms with Gasteiger partial charge in [0, 0.05) is 13.7 Å². The van der Waals surface area contributed by atoms with E-state index in [-0.39, 0.29) is 39.9 Å². The van der Waals surface area contributed by atoms with E-state index in [0.29, 0.717) is 24.0 Å². The van der Waals surface area contributed by atoms with Crippen LogP contribution in [0.5, 0.6) is 0 Å². The molecule has 0 amide bonds. The van der Waals surface area contributed by atoms with Crippen LogP contribution in [0.1, 0.15) is 121 Å². The maximum Gasteiger partial charge on any atom is 0.137 e. The van der Waals surface area contributed by atoms with Crippen molar-refractivity contribution in [3.8, 4) is 0 Å². The molecule has 0 aromatic heterocycles. The van der Waals surface area contributed by atoms with E-state index < -0.39 is 5.60 Å². The van der Waals surface area contributed by atoms with Crippen LogP contribution in [0.4, 0.5) is 0 Å². The van der Waals surface area contributed by atoms with Crippen molar-refractivity contribution in [2.75, 3.05) is 0 Å². The quantitative estimate of drug-likeness (QED) is 0.450. The topological polar surface area (TPSA) is 37.3 Å². The molecule has 9 atom stereocenters. The van der Waals surface area contributed by atoms with E-state index in [1.165, 1.54) is 18.4 Å². The molecule has 0 aromatic rings. The Balaban J connectivity index is 1.67. The van der Waals surface area contributed by atoms with Crippen molar-refractivity contribution in [2.24, 2.45) is 45.3 Å². The molecule has 2 heteroatoms. The number of carbonyl (C=O) groups excluding carboxylic acids is 1. The Morgan fingerprint density at radius 3 is 2.41 bits per heavy atom. The van der Waals surface area contributed by atoms with Gasteiger partial charge in [0.25, 0.3) is 0 Å². The van der Waals surface area contributed by atoms with Gasteiger partial charge in [0.15, 0.2) is 0 Å². The van der Waals surface area contributed by atoms with Crippen molar-refractivity contribution >= 4 is 5.78 Å². The molecule has 0 saturated heterocycles. The van der Waals surface area contributed by atoms with Crippen molar-refractivity contribution in [2.45, 2.75) is 125 Å². The zero-order valence-corrected chi connectivity index (χ0v) is 22.2. The average Bonchev–Trinajstić information content (AvgIpc) is 3.08. The largest absolute Gasteiger partial charge is 0.390 e. The zero-order chi connectivity index (χ0) is 24.6. The first-order valence-corrected chi connectivity index (χ1v) is 13.4. The van der Waals surface area contributed by atoms with Crippen LogP contribution >= 0.6 is 0 Å². The van der Waals surface area contributed by atoms with Crippen molar-refractivity contribution < 1.29 is 11.3 Å². The zero-order valence-electron chi connectivity index (χ0n) is 23.2. The molecule has 4 aliphatic carbocycles. The van der Waals surface area contributed by atoms with Gasteiger partial charge in [0.1, 0.15) is 5.78 Å². The van der Waals surface area contributed by atoms with E-state index >= 15 is 0 Å². The lowest BCUT2D eigenvalue weighted by Gasteiger charge is -2.69. The van der Waals surface area contributed by atoms with Gasteiger partial charge in [-0.25, -0.2) is 0 Å². The van der Waals surface area contributed by atoms with E-state index in [4.69, 9.17) is 1.37 Å². The minimum Gasteiger partial charge on any atom is -0.390 e. The minimum absolute atomic E-state index is 0.00863. The lowest BCUT2D eigenvalue weighted by Crippen LogP contribution is -2.64. The van der Waals surface area contributed by atoms with Crippen LogP contribution in [0.2, 0.25) is 0 Å². The molecule has 32 heavy (non-hydrogen) atoms. The number of fused-ring (bicyclic) bond motifs is 5. The van der Waals surface area contributed by atoms with Gasteiger partial charge in [0.2, 0.25) is 0 Å². The lowest BCUT2D eigenvalue weighted by atomic mass is 9.35. The standard InChI is InChI=1S/C30H50O2/c1-20(2)11-9-16-30(8,32)21-12-17-29(7)25(21)22(31)19-24-27(5)15-10-14-26(3,4)23(27)13-18-28(24,29)6/h11,21,23-25,32H,9-10,12-19H2,1-8H3/t21?,23?,24?,25?,27-,28+,29+,30-/m0/s1/i14T/t14-,21?,23?,24?,25?,27-,28+,29+,30-. The van der Waals surface area contributed by atoms with Gasteiger partial charge >= 0.3 is 0 Å². The predicted molar refractivity (Wildman–Crippen MR) is 133 cm³/mol. The van der Waals surface area contributed by atoms with Gasteiger partial charge in [-0.1, -0.05) is 52.7 Å². The summed E-state index contributed by atoms with van der Waals surface area (Å²) in [5.74, 6) is 1.42. The molecule has 0 spiro atoms. The number of rotatable bonds is 4. The van der Waals surface area contributed by atoms with Gasteiger partial charge in [-0.2, -0.15) is 0 Å². The summed E-state index contributed by atoms with van der Waals surface area (Å²) in [4.78, 5) is 14.0. The van der Waals surface area contributed by atoms with Gasteiger partial charge in [-0.15, -0.1) is 0 Å². The SMILES string of the molecule is [3H][C@H]1CC[C@@]2(C)C(CC[C@]3(C)C2CC(=O)C2C([C@@](C)(O)CCC=C(C)C)CC[C@]23C)C1(C)C. The summed E-state index contributed by atoms with van der Waals surface area (Å²) >= 11 is 0.